The zero-order chi connectivity index (χ0) is 19.2. The number of hydrogen-bond acceptors (Lipinski definition) is 5. The number of fused-ring (bicyclic) bond motifs is 1. The number of benzene rings is 1. The third-order valence-corrected chi connectivity index (χ3v) is 5.37. The number of carbonyl (C=O) groups excluding carboxylic acids is 2. The standard InChI is InChI=1S/C18H22FN5O2S/c19-13-5-7-14(8-6-13)23(11-9-15(20)25)17(26)12-27-18-22-21-16-4-2-1-3-10-24(16)18/h5-8H,1-4,9-12H2,(H2,20,25). The summed E-state index contributed by atoms with van der Waals surface area (Å²) in [5.41, 5.74) is 5.75. The van der Waals surface area contributed by atoms with E-state index in [4.69, 9.17) is 5.73 Å². The molecule has 0 bridgehead atoms. The zero-order valence-corrected chi connectivity index (χ0v) is 15.8. The number of thioether (sulfide) groups is 1. The van der Waals surface area contributed by atoms with E-state index in [0.29, 0.717) is 5.69 Å². The number of aryl methyl sites for hydroxylation is 1. The van der Waals surface area contributed by atoms with Crippen LogP contribution in [-0.4, -0.2) is 38.9 Å². The maximum absolute atomic E-state index is 13.2. The number of anilines is 1. The van der Waals surface area contributed by atoms with Crippen molar-refractivity contribution in [1.82, 2.24) is 14.8 Å². The van der Waals surface area contributed by atoms with E-state index in [1.54, 1.807) is 0 Å². The van der Waals surface area contributed by atoms with Gasteiger partial charge in [0.15, 0.2) is 5.16 Å². The number of rotatable bonds is 7. The van der Waals surface area contributed by atoms with Crippen molar-refractivity contribution in [1.29, 1.82) is 0 Å². The maximum atomic E-state index is 13.2. The molecule has 3 rings (SSSR count). The van der Waals surface area contributed by atoms with Gasteiger partial charge in [0, 0.05) is 31.6 Å². The van der Waals surface area contributed by atoms with Crippen molar-refractivity contribution in [3.8, 4) is 0 Å². The van der Waals surface area contributed by atoms with Crippen molar-refractivity contribution in [3.05, 3.63) is 35.9 Å². The molecule has 2 heterocycles. The summed E-state index contributed by atoms with van der Waals surface area (Å²) >= 11 is 1.33. The first kappa shape index (κ1) is 19.3. The Morgan fingerprint density at radius 2 is 1.96 bits per heavy atom. The van der Waals surface area contributed by atoms with Gasteiger partial charge in [-0.1, -0.05) is 18.2 Å². The average molecular weight is 391 g/mol. The molecule has 0 atom stereocenters. The van der Waals surface area contributed by atoms with Gasteiger partial charge in [0.05, 0.1) is 5.75 Å². The lowest BCUT2D eigenvalue weighted by atomic mass is 10.2. The fourth-order valence-corrected chi connectivity index (χ4v) is 3.87. The number of carbonyl (C=O) groups is 2. The van der Waals surface area contributed by atoms with Crippen LogP contribution in [0.5, 0.6) is 0 Å². The summed E-state index contributed by atoms with van der Waals surface area (Å²) in [5, 5.41) is 9.17. The Bertz CT molecular complexity index is 809. The predicted molar refractivity (Wildman–Crippen MR) is 101 cm³/mol. The Balaban J connectivity index is 1.69. The van der Waals surface area contributed by atoms with Gasteiger partial charge in [-0.3, -0.25) is 9.59 Å². The number of aromatic nitrogens is 3. The molecular weight excluding hydrogens is 369 g/mol. The van der Waals surface area contributed by atoms with E-state index in [-0.39, 0.29) is 30.4 Å². The van der Waals surface area contributed by atoms with E-state index in [1.807, 2.05) is 0 Å². The van der Waals surface area contributed by atoms with Gasteiger partial charge in [-0.25, -0.2) is 4.39 Å². The highest BCUT2D eigenvalue weighted by atomic mass is 32.2. The molecule has 0 spiro atoms. The average Bonchev–Trinajstić information content (AvgIpc) is 2.87. The van der Waals surface area contributed by atoms with Gasteiger partial charge in [0.1, 0.15) is 11.6 Å². The van der Waals surface area contributed by atoms with Crippen molar-refractivity contribution in [2.75, 3.05) is 17.2 Å². The molecule has 27 heavy (non-hydrogen) atoms. The van der Waals surface area contributed by atoms with Gasteiger partial charge in [-0.05, 0) is 37.1 Å². The largest absolute Gasteiger partial charge is 0.370 e. The topological polar surface area (TPSA) is 94.1 Å². The minimum absolute atomic E-state index is 0.0358. The summed E-state index contributed by atoms with van der Waals surface area (Å²) < 4.78 is 15.3. The second-order valence-electron chi connectivity index (χ2n) is 6.39. The van der Waals surface area contributed by atoms with E-state index >= 15 is 0 Å². The summed E-state index contributed by atoms with van der Waals surface area (Å²) in [7, 11) is 0. The lowest BCUT2D eigenvalue weighted by Crippen LogP contribution is -2.35. The van der Waals surface area contributed by atoms with Crippen LogP contribution in [0, 0.1) is 5.82 Å². The lowest BCUT2D eigenvalue weighted by molar-refractivity contribution is -0.118. The Hall–Kier alpha value is -2.42. The highest BCUT2D eigenvalue weighted by molar-refractivity contribution is 7.99. The zero-order valence-electron chi connectivity index (χ0n) is 14.9. The van der Waals surface area contributed by atoms with E-state index in [1.165, 1.54) is 40.9 Å². The van der Waals surface area contributed by atoms with Crippen LogP contribution >= 0.6 is 11.8 Å². The van der Waals surface area contributed by atoms with E-state index < -0.39 is 5.91 Å². The van der Waals surface area contributed by atoms with Gasteiger partial charge in [0.2, 0.25) is 11.8 Å². The highest BCUT2D eigenvalue weighted by Crippen LogP contribution is 2.23. The monoisotopic (exact) mass is 391 g/mol. The SMILES string of the molecule is NC(=O)CCN(C(=O)CSc1nnc2n1CCCCC2)c1ccc(F)cc1. The minimum atomic E-state index is -0.495. The molecule has 2 amide bonds. The summed E-state index contributed by atoms with van der Waals surface area (Å²) in [4.78, 5) is 25.4. The fraction of sp³-hybridized carbons (Fsp3) is 0.444. The van der Waals surface area contributed by atoms with Gasteiger partial charge in [-0.2, -0.15) is 0 Å². The molecule has 9 heteroatoms. The normalized spacial score (nSPS) is 13.7. The number of nitrogens with zero attached hydrogens (tertiary/aromatic N) is 4. The van der Waals surface area contributed by atoms with Crippen LogP contribution in [0.15, 0.2) is 29.4 Å². The molecule has 1 aromatic heterocycles. The van der Waals surface area contributed by atoms with Crippen molar-refractivity contribution in [2.24, 2.45) is 5.73 Å². The molecule has 0 aliphatic carbocycles. The van der Waals surface area contributed by atoms with Crippen LogP contribution in [0.1, 0.15) is 31.5 Å². The summed E-state index contributed by atoms with van der Waals surface area (Å²) in [6.07, 6.45) is 4.29. The van der Waals surface area contributed by atoms with E-state index in [9.17, 15) is 14.0 Å². The second kappa shape index (κ2) is 8.98. The van der Waals surface area contributed by atoms with Crippen LogP contribution in [0.3, 0.4) is 0 Å². The van der Waals surface area contributed by atoms with Gasteiger partial charge < -0.3 is 15.2 Å². The Labute approximate surface area is 161 Å². The fourth-order valence-electron chi connectivity index (χ4n) is 3.01. The van der Waals surface area contributed by atoms with Crippen molar-refractivity contribution in [3.63, 3.8) is 0 Å². The molecule has 1 aliphatic heterocycles. The maximum Gasteiger partial charge on any atom is 0.237 e. The summed E-state index contributed by atoms with van der Waals surface area (Å²) in [6, 6.07) is 5.60. The highest BCUT2D eigenvalue weighted by Gasteiger charge is 2.20. The Morgan fingerprint density at radius 1 is 1.19 bits per heavy atom. The lowest BCUT2D eigenvalue weighted by Gasteiger charge is -2.22. The molecule has 0 unspecified atom stereocenters. The molecule has 7 nitrogen and oxygen atoms in total. The molecule has 2 N–H and O–H groups in total. The number of amides is 2. The van der Waals surface area contributed by atoms with Gasteiger partial charge in [0.25, 0.3) is 0 Å². The summed E-state index contributed by atoms with van der Waals surface area (Å²) in [5.74, 6) is 0.0335. The first-order chi connectivity index (χ1) is 13.0. The molecule has 2 aromatic rings. The van der Waals surface area contributed by atoms with Crippen LogP contribution in [0.4, 0.5) is 10.1 Å². The molecule has 0 radical (unpaired) electrons. The second-order valence-corrected chi connectivity index (χ2v) is 7.33. The van der Waals surface area contributed by atoms with Crippen LogP contribution < -0.4 is 10.6 Å². The quantitative estimate of drug-likeness (QED) is 0.730. The first-order valence-corrected chi connectivity index (χ1v) is 9.92. The number of halogens is 1. The summed E-state index contributed by atoms with van der Waals surface area (Å²) in [6.45, 7) is 1.01. The van der Waals surface area contributed by atoms with Gasteiger partial charge in [-0.15, -0.1) is 10.2 Å². The van der Waals surface area contributed by atoms with Crippen LogP contribution in [0.25, 0.3) is 0 Å². The third kappa shape index (κ3) is 5.06. The predicted octanol–water partition coefficient (Wildman–Crippen LogP) is 2.14. The Kier molecular flexibility index (Phi) is 6.44. The van der Waals surface area contributed by atoms with E-state index in [2.05, 4.69) is 14.8 Å². The molecule has 0 saturated heterocycles. The third-order valence-electron chi connectivity index (χ3n) is 4.42. The smallest absolute Gasteiger partial charge is 0.237 e. The molecule has 0 fully saturated rings. The molecular formula is C18H22FN5O2S. The van der Waals surface area contributed by atoms with Gasteiger partial charge >= 0.3 is 0 Å². The van der Waals surface area contributed by atoms with Crippen molar-refractivity contribution in [2.45, 2.75) is 43.8 Å². The molecule has 1 aliphatic rings. The molecule has 144 valence electrons. The Morgan fingerprint density at radius 3 is 2.70 bits per heavy atom. The van der Waals surface area contributed by atoms with Crippen LogP contribution in [0.2, 0.25) is 0 Å². The molecule has 0 saturated carbocycles. The minimum Gasteiger partial charge on any atom is -0.370 e. The van der Waals surface area contributed by atoms with Crippen molar-refractivity contribution < 1.29 is 14.0 Å². The number of primary amides is 1. The first-order valence-electron chi connectivity index (χ1n) is 8.93. The number of nitrogens with two attached hydrogens (primary N) is 1. The van der Waals surface area contributed by atoms with Crippen LogP contribution in [-0.2, 0) is 22.6 Å². The number of hydrogen-bond donors (Lipinski definition) is 1. The molecule has 1 aromatic carbocycles. The van der Waals surface area contributed by atoms with E-state index in [0.717, 1.165) is 43.2 Å². The van der Waals surface area contributed by atoms with Crippen molar-refractivity contribution >= 4 is 29.3 Å².